The molecule has 1 aromatic rings. The minimum absolute atomic E-state index is 0.182. The molecule has 0 spiro atoms. The molecule has 0 aromatic heterocycles. The lowest BCUT2D eigenvalue weighted by molar-refractivity contribution is 0.0197. The second-order valence-electron chi connectivity index (χ2n) is 7.74. The Hall–Kier alpha value is -1.68. The van der Waals surface area contributed by atoms with Crippen molar-refractivity contribution in [3.8, 4) is 0 Å². The maximum atomic E-state index is 12.1. The molecule has 162 valence electrons. The van der Waals surface area contributed by atoms with Gasteiger partial charge in [-0.25, -0.2) is 17.5 Å². The van der Waals surface area contributed by atoms with Crippen LogP contribution in [0.25, 0.3) is 0 Å². The van der Waals surface area contributed by atoms with Gasteiger partial charge in [-0.1, -0.05) is 30.3 Å². The first-order valence-electron chi connectivity index (χ1n) is 10.3. The molecule has 1 aromatic carbocycles. The van der Waals surface area contributed by atoms with Crippen LogP contribution in [0.15, 0.2) is 30.3 Å². The molecule has 0 bridgehead atoms. The molecule has 29 heavy (non-hydrogen) atoms. The van der Waals surface area contributed by atoms with Gasteiger partial charge < -0.3 is 15.4 Å². The first-order valence-corrected chi connectivity index (χ1v) is 12.1. The summed E-state index contributed by atoms with van der Waals surface area (Å²) in [4.78, 5) is 14.5. The molecule has 2 heterocycles. The number of carbonyl (C=O) groups is 1. The van der Waals surface area contributed by atoms with Crippen LogP contribution in [0, 0.1) is 0 Å². The van der Waals surface area contributed by atoms with Gasteiger partial charge in [-0.15, -0.1) is 0 Å². The maximum absolute atomic E-state index is 12.1. The van der Waals surface area contributed by atoms with Gasteiger partial charge in [0.2, 0.25) is 10.0 Å². The van der Waals surface area contributed by atoms with Crippen LogP contribution in [0.5, 0.6) is 0 Å². The molecule has 0 saturated carbocycles. The molecule has 3 rings (SSSR count). The molecule has 2 saturated heterocycles. The smallest absolute Gasteiger partial charge is 0.315 e. The lowest BCUT2D eigenvalue weighted by Gasteiger charge is -2.38. The second kappa shape index (κ2) is 10.4. The van der Waals surface area contributed by atoms with Gasteiger partial charge in [0.25, 0.3) is 0 Å². The minimum Gasteiger partial charge on any atom is -0.381 e. The van der Waals surface area contributed by atoms with Gasteiger partial charge in [-0.2, -0.15) is 0 Å². The Morgan fingerprint density at radius 3 is 2.52 bits per heavy atom. The number of urea groups is 1. The molecule has 2 aliphatic rings. The average Bonchev–Trinajstić information content (AvgIpc) is 3.21. The largest absolute Gasteiger partial charge is 0.381 e. The maximum Gasteiger partial charge on any atom is 0.315 e. The van der Waals surface area contributed by atoms with E-state index < -0.39 is 10.0 Å². The third-order valence-electron chi connectivity index (χ3n) is 5.68. The summed E-state index contributed by atoms with van der Waals surface area (Å²) in [6, 6.07) is 10.1. The van der Waals surface area contributed by atoms with E-state index in [0.29, 0.717) is 38.8 Å². The highest BCUT2D eigenvalue weighted by atomic mass is 32.2. The van der Waals surface area contributed by atoms with E-state index in [1.807, 2.05) is 30.3 Å². The first kappa shape index (κ1) is 22.0. The number of benzene rings is 1. The average molecular weight is 425 g/mol. The van der Waals surface area contributed by atoms with E-state index in [1.165, 1.54) is 6.26 Å². The van der Waals surface area contributed by atoms with Gasteiger partial charge in [-0.3, -0.25) is 4.90 Å². The van der Waals surface area contributed by atoms with Crippen LogP contribution < -0.4 is 10.6 Å². The summed E-state index contributed by atoms with van der Waals surface area (Å²) in [7, 11) is -3.17. The van der Waals surface area contributed by atoms with Gasteiger partial charge in [0.1, 0.15) is 0 Å². The number of carbonyl (C=O) groups excluding carboxylic acids is 1. The normalized spacial score (nSPS) is 21.4. The summed E-state index contributed by atoms with van der Waals surface area (Å²) in [6.45, 7) is 4.26. The number of nitrogens with zero attached hydrogens (tertiary/aromatic N) is 2. The Balaban J connectivity index is 1.50. The summed E-state index contributed by atoms with van der Waals surface area (Å²) >= 11 is 0. The predicted molar refractivity (Wildman–Crippen MR) is 112 cm³/mol. The number of rotatable bonds is 8. The number of hydrogen-bond acceptors (Lipinski definition) is 5. The van der Waals surface area contributed by atoms with Crippen molar-refractivity contribution in [2.45, 2.75) is 37.9 Å². The van der Waals surface area contributed by atoms with E-state index in [0.717, 1.165) is 38.0 Å². The van der Waals surface area contributed by atoms with Crippen molar-refractivity contribution in [3.05, 3.63) is 35.9 Å². The summed E-state index contributed by atoms with van der Waals surface area (Å²) in [6.07, 6.45) is 3.97. The number of nitrogens with one attached hydrogen (secondary N) is 2. The van der Waals surface area contributed by atoms with Crippen molar-refractivity contribution in [3.63, 3.8) is 0 Å². The molecular formula is C20H32N4O4S. The molecule has 0 aliphatic carbocycles. The summed E-state index contributed by atoms with van der Waals surface area (Å²) in [5, 5.41) is 5.81. The summed E-state index contributed by atoms with van der Waals surface area (Å²) in [5.74, 6) is 0. The fourth-order valence-corrected chi connectivity index (χ4v) is 4.98. The molecule has 1 atom stereocenters. The monoisotopic (exact) mass is 424 g/mol. The van der Waals surface area contributed by atoms with Crippen LogP contribution in [-0.4, -0.2) is 81.4 Å². The number of hydrogen-bond donors (Lipinski definition) is 2. The summed E-state index contributed by atoms with van der Waals surface area (Å²) in [5.41, 5.74) is 1.05. The molecule has 2 N–H and O–H groups in total. The van der Waals surface area contributed by atoms with E-state index in [1.54, 1.807) is 4.31 Å². The van der Waals surface area contributed by atoms with Crippen LogP contribution in [0.1, 0.15) is 24.8 Å². The molecular weight excluding hydrogens is 392 g/mol. The highest BCUT2D eigenvalue weighted by Crippen LogP contribution is 2.24. The van der Waals surface area contributed by atoms with Crippen LogP contribution in [-0.2, 0) is 21.3 Å². The van der Waals surface area contributed by atoms with Gasteiger partial charge in [0.05, 0.1) is 6.26 Å². The molecule has 2 aliphatic heterocycles. The Kier molecular flexibility index (Phi) is 7.88. The zero-order chi connectivity index (χ0) is 20.7. The van der Waals surface area contributed by atoms with Crippen LogP contribution >= 0.6 is 0 Å². The van der Waals surface area contributed by atoms with E-state index in [2.05, 4.69) is 15.5 Å². The first-order chi connectivity index (χ1) is 13.9. The quantitative estimate of drug-likeness (QED) is 0.650. The summed E-state index contributed by atoms with van der Waals surface area (Å²) < 4.78 is 30.8. The van der Waals surface area contributed by atoms with E-state index in [4.69, 9.17) is 4.74 Å². The molecule has 9 heteroatoms. The predicted octanol–water partition coefficient (Wildman–Crippen LogP) is 1.00. The number of sulfonamides is 1. The Labute approximate surface area is 173 Å². The lowest BCUT2D eigenvalue weighted by Crippen LogP contribution is -2.50. The Bertz CT molecular complexity index is 753. The van der Waals surface area contributed by atoms with Crippen molar-refractivity contribution in [2.24, 2.45) is 0 Å². The van der Waals surface area contributed by atoms with Crippen molar-refractivity contribution in [1.82, 2.24) is 19.8 Å². The lowest BCUT2D eigenvalue weighted by atomic mass is 10.0. The van der Waals surface area contributed by atoms with Crippen molar-refractivity contribution >= 4 is 16.1 Å². The highest BCUT2D eigenvalue weighted by Gasteiger charge is 2.35. The standard InChI is InChI=1S/C20H32N4O4S/c1-29(26,27)23-11-7-19(16-23)24(18-8-13-28-14-9-18)12-10-21-20(25)22-15-17-5-3-2-4-6-17/h2-6,18-19H,7-16H2,1H3,(H2,21,22,25). The molecule has 0 radical (unpaired) electrons. The van der Waals surface area contributed by atoms with Crippen LogP contribution in [0.2, 0.25) is 0 Å². The van der Waals surface area contributed by atoms with E-state index in [9.17, 15) is 13.2 Å². The Morgan fingerprint density at radius 1 is 1.14 bits per heavy atom. The zero-order valence-electron chi connectivity index (χ0n) is 17.0. The third kappa shape index (κ3) is 6.67. The molecule has 1 unspecified atom stereocenters. The molecule has 2 fully saturated rings. The van der Waals surface area contributed by atoms with Gasteiger partial charge in [0, 0.05) is 58.0 Å². The van der Waals surface area contributed by atoms with Crippen LogP contribution in [0.3, 0.4) is 0 Å². The van der Waals surface area contributed by atoms with Crippen molar-refractivity contribution in [2.75, 3.05) is 45.6 Å². The van der Waals surface area contributed by atoms with Crippen LogP contribution in [0.4, 0.5) is 4.79 Å². The molecule has 8 nitrogen and oxygen atoms in total. The zero-order valence-corrected chi connectivity index (χ0v) is 17.9. The molecule has 2 amide bonds. The van der Waals surface area contributed by atoms with Gasteiger partial charge >= 0.3 is 6.03 Å². The number of amides is 2. The van der Waals surface area contributed by atoms with Crippen molar-refractivity contribution < 1.29 is 17.9 Å². The Morgan fingerprint density at radius 2 is 1.86 bits per heavy atom. The van der Waals surface area contributed by atoms with E-state index >= 15 is 0 Å². The topological polar surface area (TPSA) is 91.0 Å². The van der Waals surface area contributed by atoms with Crippen molar-refractivity contribution in [1.29, 1.82) is 0 Å². The highest BCUT2D eigenvalue weighted by molar-refractivity contribution is 7.88. The fourth-order valence-electron chi connectivity index (χ4n) is 4.10. The second-order valence-corrected chi connectivity index (χ2v) is 9.72. The fraction of sp³-hybridized carbons (Fsp3) is 0.650. The van der Waals surface area contributed by atoms with Gasteiger partial charge in [-0.05, 0) is 24.8 Å². The minimum atomic E-state index is -3.17. The third-order valence-corrected chi connectivity index (χ3v) is 6.95. The van der Waals surface area contributed by atoms with Gasteiger partial charge in [0.15, 0.2) is 0 Å². The number of ether oxygens (including phenoxy) is 1. The SMILES string of the molecule is CS(=O)(=O)N1CCC(N(CCNC(=O)NCc2ccccc2)C2CCOCC2)C1. The van der Waals surface area contributed by atoms with E-state index in [-0.39, 0.29) is 12.1 Å².